The Hall–Kier alpha value is -2.86. The Morgan fingerprint density at radius 3 is 2.06 bits per heavy atom. The Bertz CT molecular complexity index is 1300. The second-order valence-electron chi connectivity index (χ2n) is 7.97. The van der Waals surface area contributed by atoms with Gasteiger partial charge in [-0.3, -0.25) is 9.59 Å². The van der Waals surface area contributed by atoms with Gasteiger partial charge < -0.3 is 4.74 Å². The van der Waals surface area contributed by atoms with Crippen molar-refractivity contribution in [2.75, 3.05) is 0 Å². The topological polar surface area (TPSA) is 55.7 Å². The second-order valence-corrected chi connectivity index (χ2v) is 9.81. The summed E-state index contributed by atoms with van der Waals surface area (Å²) in [4.78, 5) is 31.4. The first-order chi connectivity index (χ1) is 16.9. The molecule has 0 bridgehead atoms. The van der Waals surface area contributed by atoms with Crippen LogP contribution in [0.3, 0.4) is 0 Å². The van der Waals surface area contributed by atoms with E-state index in [1.807, 2.05) is 32.0 Å². The van der Waals surface area contributed by atoms with Crippen molar-refractivity contribution in [2.24, 2.45) is 4.99 Å². The van der Waals surface area contributed by atoms with E-state index in [-0.39, 0.29) is 0 Å². The molecule has 178 valence electrons. The fraction of sp³-hybridized carbons (Fsp3) is 0.179. The lowest BCUT2D eigenvalue weighted by molar-refractivity contribution is -0.142. The number of benzene rings is 3. The van der Waals surface area contributed by atoms with Gasteiger partial charge in [-0.25, -0.2) is 4.99 Å². The van der Waals surface area contributed by atoms with Gasteiger partial charge in [-0.1, -0.05) is 79.5 Å². The maximum Gasteiger partial charge on any atom is 0.329 e. The molecule has 7 heteroatoms. The van der Waals surface area contributed by atoms with Crippen LogP contribution in [0.5, 0.6) is 0 Å². The zero-order valence-electron chi connectivity index (χ0n) is 19.3. The average molecular weight is 524 g/mol. The van der Waals surface area contributed by atoms with Gasteiger partial charge in [0.1, 0.15) is 10.5 Å². The van der Waals surface area contributed by atoms with Crippen molar-refractivity contribution in [2.45, 2.75) is 32.1 Å². The van der Waals surface area contributed by atoms with Crippen LogP contribution in [0, 0.1) is 0 Å². The highest BCUT2D eigenvalue weighted by Gasteiger charge is 2.50. The molecule has 0 unspecified atom stereocenters. The van der Waals surface area contributed by atoms with E-state index in [4.69, 9.17) is 27.9 Å². The molecule has 3 aromatic carbocycles. The number of ether oxygens (including phenoxy) is 1. The molecule has 1 atom stereocenters. The summed E-state index contributed by atoms with van der Waals surface area (Å²) in [5.41, 5.74) is 1.60. The average Bonchev–Trinajstić information content (AvgIpc) is 2.87. The van der Waals surface area contributed by atoms with Crippen LogP contribution in [0.15, 0.2) is 88.9 Å². The molecule has 0 radical (unpaired) electrons. The Labute approximate surface area is 219 Å². The Morgan fingerprint density at radius 1 is 0.886 bits per heavy atom. The van der Waals surface area contributed by atoms with E-state index in [2.05, 4.69) is 4.99 Å². The molecule has 4 rings (SSSR count). The second kappa shape index (κ2) is 10.8. The summed E-state index contributed by atoms with van der Waals surface area (Å²) in [7, 11) is 0. The van der Waals surface area contributed by atoms with Gasteiger partial charge in [0.05, 0.1) is 0 Å². The number of rotatable bonds is 5. The van der Waals surface area contributed by atoms with E-state index < -0.39 is 17.3 Å². The van der Waals surface area contributed by atoms with E-state index in [0.717, 1.165) is 11.1 Å². The summed E-state index contributed by atoms with van der Waals surface area (Å²) in [5, 5.41) is 1.96. The molecular weight excluding hydrogens is 501 g/mol. The summed E-state index contributed by atoms with van der Waals surface area (Å²) in [6.07, 6.45) is 0.967. The number of thioether (sulfide) groups is 1. The summed E-state index contributed by atoms with van der Waals surface area (Å²) < 4.78 is 5.98. The van der Waals surface area contributed by atoms with Crippen LogP contribution >= 0.6 is 35.0 Å². The quantitative estimate of drug-likeness (QED) is 0.318. The minimum atomic E-state index is -1.23. The summed E-state index contributed by atoms with van der Waals surface area (Å²) >= 11 is 13.4. The van der Waals surface area contributed by atoms with Gasteiger partial charge >= 0.3 is 5.97 Å². The third kappa shape index (κ3) is 5.08. The van der Waals surface area contributed by atoms with Crippen LogP contribution in [0.4, 0.5) is 0 Å². The van der Waals surface area contributed by atoms with Gasteiger partial charge in [0.15, 0.2) is 5.09 Å². The van der Waals surface area contributed by atoms with E-state index in [1.54, 1.807) is 60.7 Å². The number of halogens is 2. The first kappa shape index (κ1) is 25.2. The molecule has 1 amide bonds. The van der Waals surface area contributed by atoms with Gasteiger partial charge in [0, 0.05) is 21.2 Å². The van der Waals surface area contributed by atoms with Crippen molar-refractivity contribution in [3.05, 3.63) is 111 Å². The molecule has 1 aliphatic heterocycles. The highest BCUT2D eigenvalue weighted by atomic mass is 35.5. The Balaban J connectivity index is 1.89. The van der Waals surface area contributed by atoms with Gasteiger partial charge in [0.2, 0.25) is 0 Å². The standard InChI is InChI=1S/C28H23Cl2NO3S/c1-3-23(18-10-14-21(29)15-11-18)25-34-27(33)28(4-2,20-12-16-22(30)17-13-20)26(35-25)31-24(32)19-8-6-5-7-9-19/h5-17H,3-4H2,1-2H3/b25-23+,31-26?/t28-/m0/s1. The summed E-state index contributed by atoms with van der Waals surface area (Å²) in [5.74, 6) is -0.894. The lowest BCUT2D eigenvalue weighted by atomic mass is 9.78. The van der Waals surface area contributed by atoms with Crippen LogP contribution in [0.2, 0.25) is 10.0 Å². The molecule has 0 saturated carbocycles. The number of hydrogen-bond donors (Lipinski definition) is 0. The molecule has 0 N–H and O–H groups in total. The van der Waals surface area contributed by atoms with Crippen LogP contribution in [0.1, 0.15) is 48.2 Å². The van der Waals surface area contributed by atoms with Crippen molar-refractivity contribution in [1.82, 2.24) is 0 Å². The monoisotopic (exact) mass is 523 g/mol. The predicted octanol–water partition coefficient (Wildman–Crippen LogP) is 7.95. The van der Waals surface area contributed by atoms with Crippen molar-refractivity contribution in [1.29, 1.82) is 0 Å². The first-order valence-corrected chi connectivity index (χ1v) is 12.8. The minimum absolute atomic E-state index is 0.358. The molecule has 1 aliphatic rings. The zero-order valence-corrected chi connectivity index (χ0v) is 21.6. The van der Waals surface area contributed by atoms with Crippen molar-refractivity contribution >= 4 is 57.5 Å². The molecule has 0 aromatic heterocycles. The number of allylic oxidation sites excluding steroid dienone is 1. The number of cyclic esters (lactones) is 1. The van der Waals surface area contributed by atoms with E-state index in [1.165, 1.54) is 11.8 Å². The largest absolute Gasteiger partial charge is 0.418 e. The lowest BCUT2D eigenvalue weighted by Gasteiger charge is -2.36. The minimum Gasteiger partial charge on any atom is -0.418 e. The fourth-order valence-electron chi connectivity index (χ4n) is 4.03. The van der Waals surface area contributed by atoms with Crippen LogP contribution in [-0.2, 0) is 14.9 Å². The van der Waals surface area contributed by atoms with Gasteiger partial charge in [0.25, 0.3) is 5.91 Å². The summed E-state index contributed by atoms with van der Waals surface area (Å²) in [6, 6.07) is 23.2. The van der Waals surface area contributed by atoms with Crippen molar-refractivity contribution in [3.63, 3.8) is 0 Å². The Morgan fingerprint density at radius 2 is 1.49 bits per heavy atom. The highest BCUT2D eigenvalue weighted by Crippen LogP contribution is 2.46. The SMILES string of the molecule is CC/C(=C1/OC(=O)[C@@](CC)(c2ccc(Cl)cc2)C(=NC(=O)c2ccccc2)S1)c1ccc(Cl)cc1. The van der Waals surface area contributed by atoms with Crippen LogP contribution in [0.25, 0.3) is 5.57 Å². The lowest BCUT2D eigenvalue weighted by Crippen LogP contribution is -2.46. The van der Waals surface area contributed by atoms with Gasteiger partial charge in [-0.05, 0) is 72.1 Å². The molecule has 1 fully saturated rings. The first-order valence-electron chi connectivity index (χ1n) is 11.2. The summed E-state index contributed by atoms with van der Waals surface area (Å²) in [6.45, 7) is 3.87. The molecule has 0 aliphatic carbocycles. The van der Waals surface area contributed by atoms with E-state index in [9.17, 15) is 9.59 Å². The molecule has 1 saturated heterocycles. The Kier molecular flexibility index (Phi) is 7.80. The normalized spacial score (nSPS) is 20.5. The van der Waals surface area contributed by atoms with Crippen LogP contribution in [-0.4, -0.2) is 16.9 Å². The zero-order chi connectivity index (χ0) is 25.0. The van der Waals surface area contributed by atoms with Crippen LogP contribution < -0.4 is 0 Å². The third-order valence-corrected chi connectivity index (χ3v) is 7.62. The van der Waals surface area contributed by atoms with E-state index in [0.29, 0.717) is 44.1 Å². The predicted molar refractivity (Wildman–Crippen MR) is 144 cm³/mol. The number of carbonyl (C=O) groups excluding carboxylic acids is 2. The number of aliphatic imine (C=N–C) groups is 1. The van der Waals surface area contributed by atoms with E-state index >= 15 is 0 Å². The maximum atomic E-state index is 13.8. The maximum absolute atomic E-state index is 13.8. The number of carbonyl (C=O) groups is 2. The molecular formula is C28H23Cl2NO3S. The van der Waals surface area contributed by atoms with Gasteiger partial charge in [-0.2, -0.15) is 0 Å². The smallest absolute Gasteiger partial charge is 0.329 e. The van der Waals surface area contributed by atoms with Gasteiger partial charge in [-0.15, -0.1) is 0 Å². The molecule has 1 heterocycles. The molecule has 0 spiro atoms. The number of hydrogen-bond acceptors (Lipinski definition) is 4. The third-order valence-electron chi connectivity index (χ3n) is 5.97. The number of esters is 1. The van der Waals surface area contributed by atoms with Crippen molar-refractivity contribution < 1.29 is 14.3 Å². The molecule has 3 aromatic rings. The highest BCUT2D eigenvalue weighted by molar-refractivity contribution is 8.17. The number of amides is 1. The molecule has 4 nitrogen and oxygen atoms in total. The van der Waals surface area contributed by atoms with Crippen molar-refractivity contribution in [3.8, 4) is 0 Å². The number of nitrogens with zero attached hydrogens (tertiary/aromatic N) is 1. The fourth-order valence-corrected chi connectivity index (χ4v) is 5.60. The molecule has 35 heavy (non-hydrogen) atoms.